The van der Waals surface area contributed by atoms with Crippen LogP contribution in [0.4, 0.5) is 58.0 Å². The van der Waals surface area contributed by atoms with Gasteiger partial charge < -0.3 is 5.32 Å². The highest BCUT2D eigenvalue weighted by molar-refractivity contribution is 5.91. The molecule has 0 amide bonds. The lowest BCUT2D eigenvalue weighted by atomic mass is 10.1. The molecule has 116 valence electrons. The summed E-state index contributed by atoms with van der Waals surface area (Å²) in [7, 11) is 0. The van der Waals surface area contributed by atoms with Gasteiger partial charge in [0.25, 0.3) is 0 Å². The summed E-state index contributed by atoms with van der Waals surface area (Å²) >= 11 is 0. The van der Waals surface area contributed by atoms with Gasteiger partial charge in [0.2, 0.25) is 0 Å². The maximum absolute atomic E-state index is 14.1. The summed E-state index contributed by atoms with van der Waals surface area (Å²) < 4.78 is 107. The zero-order chi connectivity index (χ0) is 16.3. The molecule has 10 heteroatoms. The molecule has 0 radical (unpaired) electrons. The smallest absolute Gasteiger partial charge is 0.199 e. The quantitative estimate of drug-likeness (QED) is 0.326. The van der Waals surface area contributed by atoms with Gasteiger partial charge >= 0.3 is 0 Å². The Morgan fingerprint density at radius 2 is 1.23 bits per heavy atom. The Bertz CT molecular complexity index is 820. The number of hydrogen-bond donors (Lipinski definition) is 1. The van der Waals surface area contributed by atoms with E-state index in [0.717, 1.165) is 0 Å². The van der Waals surface area contributed by atoms with Crippen LogP contribution in [0.15, 0.2) is 6.07 Å². The molecule has 0 saturated carbocycles. The molecule has 0 aromatic heterocycles. The van der Waals surface area contributed by atoms with Gasteiger partial charge in [-0.05, 0) is 0 Å². The fourth-order valence-corrected chi connectivity index (χ4v) is 2.04. The monoisotopic (exact) mass is 326 g/mol. The number of nitrogens with zero attached hydrogens (tertiary/aromatic N) is 1. The second-order valence-corrected chi connectivity index (χ2v) is 4.27. The fraction of sp³-hybridized carbons (Fsp3) is 0. The SMILES string of the molecule is Fc1cc2c(c(F)c1F)N(F)c1c(F)c(F)c(F)c(F)c1N2. The van der Waals surface area contributed by atoms with E-state index in [9.17, 15) is 35.2 Å². The van der Waals surface area contributed by atoms with Crippen molar-refractivity contribution in [2.24, 2.45) is 0 Å². The lowest BCUT2D eigenvalue weighted by Gasteiger charge is -2.28. The Morgan fingerprint density at radius 3 is 1.86 bits per heavy atom. The topological polar surface area (TPSA) is 15.3 Å². The minimum atomic E-state index is -2.34. The van der Waals surface area contributed by atoms with E-state index < -0.39 is 68.6 Å². The molecule has 0 atom stereocenters. The van der Waals surface area contributed by atoms with E-state index in [1.165, 1.54) is 0 Å². The van der Waals surface area contributed by atoms with E-state index >= 15 is 0 Å². The van der Waals surface area contributed by atoms with Gasteiger partial charge in [-0.1, -0.05) is 4.48 Å². The van der Waals surface area contributed by atoms with Gasteiger partial charge in [0, 0.05) is 6.07 Å². The predicted molar refractivity (Wildman–Crippen MR) is 59.1 cm³/mol. The van der Waals surface area contributed by atoms with Crippen LogP contribution in [0, 0.1) is 40.7 Å². The van der Waals surface area contributed by atoms with Gasteiger partial charge in [0.1, 0.15) is 17.1 Å². The van der Waals surface area contributed by atoms with Crippen molar-refractivity contribution >= 4 is 22.7 Å². The first-order valence-corrected chi connectivity index (χ1v) is 5.52. The molecule has 2 nitrogen and oxygen atoms in total. The Labute approximate surface area is 116 Å². The first-order valence-electron chi connectivity index (χ1n) is 5.52. The summed E-state index contributed by atoms with van der Waals surface area (Å²) in [5, 5.41) is 0.876. The second-order valence-electron chi connectivity index (χ2n) is 4.27. The lowest BCUT2D eigenvalue weighted by Crippen LogP contribution is -2.21. The van der Waals surface area contributed by atoms with Crippen LogP contribution in [-0.4, -0.2) is 0 Å². The minimum absolute atomic E-state index is 0.252. The van der Waals surface area contributed by atoms with Crippen molar-refractivity contribution in [2.75, 3.05) is 10.4 Å². The summed E-state index contributed by atoms with van der Waals surface area (Å²) in [5.74, 6) is -14.6. The van der Waals surface area contributed by atoms with Gasteiger partial charge in [0.05, 0.1) is 5.69 Å². The second kappa shape index (κ2) is 4.49. The standard InChI is InChI=1S/C12H2F8N2/c13-2-1-3-11(8(18)4(2)14)22(20)12-9(19)6(16)5(15)7(17)10(12)21-3/h1,21H. The average molecular weight is 326 g/mol. The van der Waals surface area contributed by atoms with E-state index in [4.69, 9.17) is 0 Å². The Balaban J connectivity index is 2.35. The summed E-state index contributed by atoms with van der Waals surface area (Å²) in [4.78, 5) is 0. The molecule has 1 N–H and O–H groups in total. The molecule has 2 aromatic carbocycles. The summed E-state index contributed by atoms with van der Waals surface area (Å²) in [6.45, 7) is 0. The summed E-state index contributed by atoms with van der Waals surface area (Å²) in [6.07, 6.45) is 0. The molecular formula is C12H2F8N2. The Kier molecular flexibility index (Phi) is 2.94. The number of halogens is 8. The van der Waals surface area contributed by atoms with Crippen LogP contribution < -0.4 is 10.4 Å². The van der Waals surface area contributed by atoms with Crippen molar-refractivity contribution in [1.82, 2.24) is 0 Å². The molecule has 0 unspecified atom stereocenters. The Hall–Kier alpha value is -2.52. The first kappa shape index (κ1) is 14.4. The molecule has 0 bridgehead atoms. The third-order valence-corrected chi connectivity index (χ3v) is 3.03. The third-order valence-electron chi connectivity index (χ3n) is 3.03. The molecule has 3 rings (SSSR count). The van der Waals surface area contributed by atoms with Gasteiger partial charge in [-0.25, -0.2) is 30.7 Å². The highest BCUT2D eigenvalue weighted by Gasteiger charge is 2.37. The minimum Gasteiger partial charge on any atom is -0.349 e. The molecule has 1 heterocycles. The number of fused-ring (bicyclic) bond motifs is 2. The Morgan fingerprint density at radius 1 is 0.682 bits per heavy atom. The molecule has 1 aliphatic rings. The maximum atomic E-state index is 14.1. The molecule has 22 heavy (non-hydrogen) atoms. The molecule has 0 aliphatic carbocycles. The first-order chi connectivity index (χ1) is 10.3. The maximum Gasteiger partial charge on any atom is 0.199 e. The summed E-state index contributed by atoms with van der Waals surface area (Å²) in [6, 6.07) is 0.252. The van der Waals surface area contributed by atoms with Crippen molar-refractivity contribution < 1.29 is 35.2 Å². The molecule has 0 spiro atoms. The van der Waals surface area contributed by atoms with Gasteiger partial charge in [-0.15, -0.1) is 0 Å². The highest BCUT2D eigenvalue weighted by atomic mass is 19.2. The van der Waals surface area contributed by atoms with E-state index in [-0.39, 0.29) is 6.07 Å². The van der Waals surface area contributed by atoms with Gasteiger partial charge in [0.15, 0.2) is 40.7 Å². The van der Waals surface area contributed by atoms with Crippen LogP contribution in [0.25, 0.3) is 0 Å². The van der Waals surface area contributed by atoms with Crippen molar-refractivity contribution in [3.8, 4) is 0 Å². The molecule has 2 aromatic rings. The summed E-state index contributed by atoms with van der Waals surface area (Å²) in [5.41, 5.74) is -4.93. The van der Waals surface area contributed by atoms with E-state index in [1.54, 1.807) is 5.32 Å². The third kappa shape index (κ3) is 1.66. The molecule has 1 aliphatic heterocycles. The number of benzene rings is 2. The van der Waals surface area contributed by atoms with Crippen LogP contribution in [0.3, 0.4) is 0 Å². The molecular weight excluding hydrogens is 324 g/mol. The predicted octanol–water partition coefficient (Wildman–Crippen LogP) is 4.74. The van der Waals surface area contributed by atoms with E-state index in [2.05, 4.69) is 0 Å². The van der Waals surface area contributed by atoms with Gasteiger partial charge in [-0.3, -0.25) is 0 Å². The molecule has 0 saturated heterocycles. The highest BCUT2D eigenvalue weighted by Crippen LogP contribution is 2.49. The largest absolute Gasteiger partial charge is 0.349 e. The van der Waals surface area contributed by atoms with Crippen LogP contribution in [0.5, 0.6) is 0 Å². The van der Waals surface area contributed by atoms with Crippen molar-refractivity contribution in [2.45, 2.75) is 0 Å². The van der Waals surface area contributed by atoms with Crippen LogP contribution in [0.1, 0.15) is 0 Å². The van der Waals surface area contributed by atoms with Crippen LogP contribution >= 0.6 is 0 Å². The van der Waals surface area contributed by atoms with Gasteiger partial charge in [-0.2, -0.15) is 5.12 Å². The van der Waals surface area contributed by atoms with E-state index in [0.29, 0.717) is 0 Å². The van der Waals surface area contributed by atoms with Crippen LogP contribution in [-0.2, 0) is 0 Å². The van der Waals surface area contributed by atoms with Crippen LogP contribution in [0.2, 0.25) is 0 Å². The van der Waals surface area contributed by atoms with Crippen molar-refractivity contribution in [1.29, 1.82) is 0 Å². The fourth-order valence-electron chi connectivity index (χ4n) is 2.04. The number of anilines is 4. The van der Waals surface area contributed by atoms with E-state index in [1.807, 2.05) is 0 Å². The van der Waals surface area contributed by atoms with Crippen molar-refractivity contribution in [3.63, 3.8) is 0 Å². The number of rotatable bonds is 0. The zero-order valence-electron chi connectivity index (χ0n) is 10.0. The normalized spacial score (nSPS) is 12.8. The zero-order valence-corrected chi connectivity index (χ0v) is 10.0. The van der Waals surface area contributed by atoms with Crippen molar-refractivity contribution in [3.05, 3.63) is 46.8 Å². The number of hydrogen-bond acceptors (Lipinski definition) is 2. The molecule has 0 fully saturated rings. The number of nitrogens with one attached hydrogen (secondary N) is 1. The average Bonchev–Trinajstić information content (AvgIpc) is 2.48. The lowest BCUT2D eigenvalue weighted by molar-refractivity contribution is 0.397.